The molecule has 25 heavy (non-hydrogen) atoms. The van der Waals surface area contributed by atoms with Crippen molar-refractivity contribution in [3.63, 3.8) is 0 Å². The van der Waals surface area contributed by atoms with Gasteiger partial charge >= 0.3 is 0 Å². The number of nitrogens with zero attached hydrogens (tertiary/aromatic N) is 5. The standard InChI is InChI=1S/C18H31N5O2/c1-14-15(18(21(3)19-14)23-7-9-24-10-8-23)12-22-5-4-17-16(13-22)20(2)6-11-25-17/h16-17H,4-13H2,1-3H3/t16-,17-/m1/s1. The van der Waals surface area contributed by atoms with E-state index < -0.39 is 0 Å². The molecule has 140 valence electrons. The third-order valence-electron chi connectivity index (χ3n) is 5.95. The Morgan fingerprint density at radius 1 is 1.08 bits per heavy atom. The smallest absolute Gasteiger partial charge is 0.131 e. The Bertz CT molecular complexity index is 599. The quantitative estimate of drug-likeness (QED) is 0.791. The summed E-state index contributed by atoms with van der Waals surface area (Å²) in [5.74, 6) is 1.27. The van der Waals surface area contributed by atoms with Crippen LogP contribution in [0.15, 0.2) is 0 Å². The van der Waals surface area contributed by atoms with Crippen LogP contribution in [0.25, 0.3) is 0 Å². The average molecular weight is 349 g/mol. The van der Waals surface area contributed by atoms with Crippen molar-refractivity contribution in [2.45, 2.75) is 32.0 Å². The molecule has 3 saturated heterocycles. The van der Waals surface area contributed by atoms with Gasteiger partial charge in [-0.25, -0.2) is 0 Å². The second-order valence-electron chi connectivity index (χ2n) is 7.59. The zero-order valence-electron chi connectivity index (χ0n) is 15.8. The van der Waals surface area contributed by atoms with E-state index in [9.17, 15) is 0 Å². The molecule has 0 aromatic carbocycles. The molecule has 0 aliphatic carbocycles. The van der Waals surface area contributed by atoms with Gasteiger partial charge in [0.1, 0.15) is 5.82 Å². The number of aryl methyl sites for hydroxylation is 2. The highest BCUT2D eigenvalue weighted by Crippen LogP contribution is 2.28. The Kier molecular flexibility index (Phi) is 4.99. The van der Waals surface area contributed by atoms with Crippen LogP contribution in [0.4, 0.5) is 5.82 Å². The minimum Gasteiger partial charge on any atom is -0.378 e. The summed E-state index contributed by atoms with van der Waals surface area (Å²) in [5.41, 5.74) is 2.53. The van der Waals surface area contributed by atoms with E-state index in [1.165, 1.54) is 11.4 Å². The van der Waals surface area contributed by atoms with Crippen LogP contribution in [0.3, 0.4) is 0 Å². The Morgan fingerprint density at radius 2 is 1.88 bits per heavy atom. The number of hydrogen-bond acceptors (Lipinski definition) is 6. The van der Waals surface area contributed by atoms with Crippen LogP contribution in [0, 0.1) is 6.92 Å². The molecule has 3 aliphatic heterocycles. The van der Waals surface area contributed by atoms with Crippen LogP contribution in [0.2, 0.25) is 0 Å². The van der Waals surface area contributed by atoms with Crippen molar-refractivity contribution < 1.29 is 9.47 Å². The van der Waals surface area contributed by atoms with Gasteiger partial charge in [0, 0.05) is 57.9 Å². The van der Waals surface area contributed by atoms with E-state index in [-0.39, 0.29) is 0 Å². The van der Waals surface area contributed by atoms with Gasteiger partial charge in [0.25, 0.3) is 0 Å². The van der Waals surface area contributed by atoms with Crippen molar-refractivity contribution in [3.8, 4) is 0 Å². The number of morpholine rings is 2. The Morgan fingerprint density at radius 3 is 2.68 bits per heavy atom. The molecule has 0 spiro atoms. The van der Waals surface area contributed by atoms with Crippen molar-refractivity contribution in [3.05, 3.63) is 11.3 Å². The summed E-state index contributed by atoms with van der Waals surface area (Å²) in [6.07, 6.45) is 1.53. The number of piperidine rings is 1. The summed E-state index contributed by atoms with van der Waals surface area (Å²) in [6, 6.07) is 0.520. The normalized spacial score (nSPS) is 29.0. The molecule has 7 nitrogen and oxygen atoms in total. The lowest BCUT2D eigenvalue weighted by Crippen LogP contribution is -2.58. The predicted octanol–water partition coefficient (Wildman–Crippen LogP) is 0.470. The average Bonchev–Trinajstić information content (AvgIpc) is 2.90. The third-order valence-corrected chi connectivity index (χ3v) is 5.95. The van der Waals surface area contributed by atoms with E-state index in [4.69, 9.17) is 14.6 Å². The van der Waals surface area contributed by atoms with E-state index in [1.807, 2.05) is 0 Å². The molecule has 1 aromatic rings. The van der Waals surface area contributed by atoms with Gasteiger partial charge in [-0.2, -0.15) is 5.10 Å². The summed E-state index contributed by atoms with van der Waals surface area (Å²) in [6.45, 7) is 10.7. The van der Waals surface area contributed by atoms with Gasteiger partial charge in [-0.05, 0) is 20.4 Å². The topological polar surface area (TPSA) is 46.0 Å². The number of fused-ring (bicyclic) bond motifs is 1. The van der Waals surface area contributed by atoms with Gasteiger partial charge in [0.05, 0.1) is 31.6 Å². The van der Waals surface area contributed by atoms with Gasteiger partial charge < -0.3 is 14.4 Å². The SMILES string of the molecule is Cc1nn(C)c(N2CCOCC2)c1CN1CC[C@H]2OCCN(C)[C@@H]2C1. The predicted molar refractivity (Wildman–Crippen MR) is 97.0 cm³/mol. The first-order valence-corrected chi connectivity index (χ1v) is 9.53. The maximum absolute atomic E-state index is 5.99. The van der Waals surface area contributed by atoms with Gasteiger partial charge in [0.2, 0.25) is 0 Å². The Hall–Kier alpha value is -1.15. The van der Waals surface area contributed by atoms with E-state index >= 15 is 0 Å². The van der Waals surface area contributed by atoms with Crippen LogP contribution >= 0.6 is 0 Å². The lowest BCUT2D eigenvalue weighted by atomic mass is 9.98. The molecule has 0 saturated carbocycles. The molecule has 1 aromatic heterocycles. The molecule has 0 amide bonds. The number of anilines is 1. The molecule has 0 unspecified atom stereocenters. The number of likely N-dealkylation sites (N-methyl/N-ethyl adjacent to an activating group) is 1. The second kappa shape index (κ2) is 7.23. The summed E-state index contributed by atoms with van der Waals surface area (Å²) in [4.78, 5) is 7.49. The van der Waals surface area contributed by atoms with Crippen molar-refractivity contribution in [2.75, 3.05) is 64.5 Å². The number of ether oxygens (including phenoxy) is 2. The fourth-order valence-electron chi connectivity index (χ4n) is 4.52. The molecule has 4 rings (SSSR count). The summed E-state index contributed by atoms with van der Waals surface area (Å²) in [7, 11) is 4.30. The fourth-order valence-corrected chi connectivity index (χ4v) is 4.52. The third kappa shape index (κ3) is 3.43. The first kappa shape index (κ1) is 17.3. The lowest BCUT2D eigenvalue weighted by molar-refractivity contribution is -0.0956. The molecule has 7 heteroatoms. The zero-order chi connectivity index (χ0) is 17.4. The summed E-state index contributed by atoms with van der Waals surface area (Å²) < 4.78 is 13.6. The highest BCUT2D eigenvalue weighted by atomic mass is 16.5. The molecule has 0 bridgehead atoms. The number of rotatable bonds is 3. The molecule has 3 aliphatic rings. The molecule has 3 fully saturated rings. The largest absolute Gasteiger partial charge is 0.378 e. The van der Waals surface area contributed by atoms with E-state index in [1.54, 1.807) is 0 Å². The number of hydrogen-bond donors (Lipinski definition) is 0. The van der Waals surface area contributed by atoms with Crippen molar-refractivity contribution in [1.82, 2.24) is 19.6 Å². The van der Waals surface area contributed by atoms with Gasteiger partial charge in [0.15, 0.2) is 0 Å². The zero-order valence-corrected chi connectivity index (χ0v) is 15.8. The van der Waals surface area contributed by atoms with Crippen molar-refractivity contribution in [1.29, 1.82) is 0 Å². The Balaban J connectivity index is 1.50. The van der Waals surface area contributed by atoms with Crippen LogP contribution in [-0.4, -0.2) is 91.3 Å². The minimum atomic E-state index is 0.406. The monoisotopic (exact) mass is 349 g/mol. The molecular formula is C18H31N5O2. The minimum absolute atomic E-state index is 0.406. The summed E-state index contributed by atoms with van der Waals surface area (Å²) in [5, 5.41) is 4.72. The van der Waals surface area contributed by atoms with Gasteiger partial charge in [-0.1, -0.05) is 0 Å². The molecular weight excluding hydrogens is 318 g/mol. The van der Waals surface area contributed by atoms with Crippen LogP contribution < -0.4 is 4.90 Å². The van der Waals surface area contributed by atoms with E-state index in [0.29, 0.717) is 12.1 Å². The van der Waals surface area contributed by atoms with Crippen LogP contribution in [0.5, 0.6) is 0 Å². The fraction of sp³-hybridized carbons (Fsp3) is 0.833. The first-order chi connectivity index (χ1) is 12.1. The van der Waals surface area contributed by atoms with Crippen LogP contribution in [0.1, 0.15) is 17.7 Å². The molecule has 4 heterocycles. The number of aromatic nitrogens is 2. The van der Waals surface area contributed by atoms with Crippen LogP contribution in [-0.2, 0) is 23.1 Å². The van der Waals surface area contributed by atoms with Crippen molar-refractivity contribution >= 4 is 5.82 Å². The van der Waals surface area contributed by atoms with Crippen molar-refractivity contribution in [2.24, 2.45) is 7.05 Å². The molecule has 0 N–H and O–H groups in total. The summed E-state index contributed by atoms with van der Waals surface area (Å²) >= 11 is 0. The molecule has 0 radical (unpaired) electrons. The Labute approximate surface area is 150 Å². The maximum Gasteiger partial charge on any atom is 0.131 e. The van der Waals surface area contributed by atoms with E-state index in [0.717, 1.165) is 71.2 Å². The second-order valence-corrected chi connectivity index (χ2v) is 7.59. The highest BCUT2D eigenvalue weighted by molar-refractivity contribution is 5.50. The van der Waals surface area contributed by atoms with E-state index in [2.05, 4.69) is 40.4 Å². The number of likely N-dealkylation sites (tertiary alicyclic amines) is 1. The first-order valence-electron chi connectivity index (χ1n) is 9.53. The maximum atomic E-state index is 5.99. The van der Waals surface area contributed by atoms with Gasteiger partial charge in [-0.15, -0.1) is 0 Å². The van der Waals surface area contributed by atoms with Gasteiger partial charge in [-0.3, -0.25) is 14.5 Å². The lowest BCUT2D eigenvalue weighted by Gasteiger charge is -2.45. The molecule has 2 atom stereocenters. The highest BCUT2D eigenvalue weighted by Gasteiger charge is 2.36.